The summed E-state index contributed by atoms with van der Waals surface area (Å²) in [5.74, 6) is -0.203. The number of aryl methyl sites for hydroxylation is 1. The predicted octanol–water partition coefficient (Wildman–Crippen LogP) is 2.22. The first-order valence-electron chi connectivity index (χ1n) is 8.21. The summed E-state index contributed by atoms with van der Waals surface area (Å²) in [4.78, 5) is 11.7. The van der Waals surface area contributed by atoms with Crippen LogP contribution >= 0.6 is 0 Å². The van der Waals surface area contributed by atoms with E-state index < -0.39 is 10.0 Å². The van der Waals surface area contributed by atoms with Crippen molar-refractivity contribution in [2.45, 2.75) is 32.6 Å². The molecule has 1 saturated heterocycles. The molecule has 0 radical (unpaired) electrons. The zero-order chi connectivity index (χ0) is 16.7. The first kappa shape index (κ1) is 17.9. The lowest BCUT2D eigenvalue weighted by atomic mass is 9.98. The quantitative estimate of drug-likeness (QED) is 0.715. The molecule has 1 aromatic carbocycles. The number of sulfonamides is 1. The molecule has 5 nitrogen and oxygen atoms in total. The van der Waals surface area contributed by atoms with Crippen molar-refractivity contribution >= 4 is 16.0 Å². The largest absolute Gasteiger partial charge is 0.466 e. The van der Waals surface area contributed by atoms with Crippen molar-refractivity contribution < 1.29 is 17.9 Å². The van der Waals surface area contributed by atoms with Gasteiger partial charge in [0.1, 0.15) is 0 Å². The van der Waals surface area contributed by atoms with Crippen LogP contribution in [0.5, 0.6) is 0 Å². The maximum absolute atomic E-state index is 12.4. The van der Waals surface area contributed by atoms with Crippen molar-refractivity contribution in [2.75, 3.05) is 25.4 Å². The molecule has 128 valence electrons. The zero-order valence-electron chi connectivity index (χ0n) is 13.6. The molecule has 2 rings (SSSR count). The monoisotopic (exact) mass is 339 g/mol. The molecule has 0 bridgehead atoms. The van der Waals surface area contributed by atoms with Crippen LogP contribution in [0.4, 0.5) is 0 Å². The number of piperidine rings is 1. The van der Waals surface area contributed by atoms with Gasteiger partial charge in [-0.1, -0.05) is 30.3 Å². The van der Waals surface area contributed by atoms with Gasteiger partial charge in [-0.15, -0.1) is 0 Å². The predicted molar refractivity (Wildman–Crippen MR) is 89.5 cm³/mol. The minimum Gasteiger partial charge on any atom is -0.466 e. The van der Waals surface area contributed by atoms with Gasteiger partial charge in [0.2, 0.25) is 10.0 Å². The molecular weight excluding hydrogens is 314 g/mol. The number of hydrogen-bond donors (Lipinski definition) is 0. The van der Waals surface area contributed by atoms with E-state index in [1.54, 1.807) is 6.92 Å². The van der Waals surface area contributed by atoms with Crippen LogP contribution in [-0.2, 0) is 26.0 Å². The summed E-state index contributed by atoms with van der Waals surface area (Å²) in [6, 6.07) is 9.90. The molecule has 0 spiro atoms. The third-order valence-electron chi connectivity index (χ3n) is 4.18. The van der Waals surface area contributed by atoms with Crippen LogP contribution in [0.1, 0.15) is 31.7 Å². The minimum atomic E-state index is -3.23. The normalized spacial score (nSPS) is 17.1. The maximum atomic E-state index is 12.4. The standard InChI is InChI=1S/C17H25NO4S/c1-2-22-17(19)16-10-12-18(13-11-16)23(20,21)14-6-9-15-7-4-3-5-8-15/h3-5,7-8,16H,2,6,9-14H2,1H3. The molecule has 6 heteroatoms. The number of ether oxygens (including phenoxy) is 1. The van der Waals surface area contributed by atoms with Crippen LogP contribution in [0.15, 0.2) is 30.3 Å². The Labute approximate surface area is 138 Å². The molecule has 1 aliphatic rings. The summed E-state index contributed by atoms with van der Waals surface area (Å²) in [6.45, 7) is 2.98. The van der Waals surface area contributed by atoms with Crippen molar-refractivity contribution in [3.63, 3.8) is 0 Å². The first-order valence-corrected chi connectivity index (χ1v) is 9.82. The van der Waals surface area contributed by atoms with Crippen molar-refractivity contribution in [2.24, 2.45) is 5.92 Å². The van der Waals surface area contributed by atoms with Gasteiger partial charge in [-0.2, -0.15) is 0 Å². The summed E-state index contributed by atoms with van der Waals surface area (Å²) < 4.78 is 31.3. The van der Waals surface area contributed by atoms with Crippen molar-refractivity contribution in [1.29, 1.82) is 0 Å². The highest BCUT2D eigenvalue weighted by atomic mass is 32.2. The summed E-state index contributed by atoms with van der Waals surface area (Å²) >= 11 is 0. The summed E-state index contributed by atoms with van der Waals surface area (Å²) in [5, 5.41) is 0. The molecule has 0 saturated carbocycles. The fourth-order valence-electron chi connectivity index (χ4n) is 2.86. The van der Waals surface area contributed by atoms with Gasteiger partial charge in [0.05, 0.1) is 18.3 Å². The maximum Gasteiger partial charge on any atom is 0.309 e. The van der Waals surface area contributed by atoms with E-state index in [4.69, 9.17) is 4.74 Å². The Kier molecular flexibility index (Phi) is 6.59. The molecule has 0 amide bonds. The second-order valence-corrected chi connectivity index (χ2v) is 7.92. The molecule has 1 fully saturated rings. The van der Waals surface area contributed by atoms with Gasteiger partial charge >= 0.3 is 5.97 Å². The second kappa shape index (κ2) is 8.45. The molecule has 1 heterocycles. The van der Waals surface area contributed by atoms with Crippen molar-refractivity contribution in [3.05, 3.63) is 35.9 Å². The SMILES string of the molecule is CCOC(=O)C1CCN(S(=O)(=O)CCCc2ccccc2)CC1. The molecule has 0 unspecified atom stereocenters. The molecule has 0 N–H and O–H groups in total. The Balaban J connectivity index is 1.78. The van der Waals surface area contributed by atoms with E-state index in [0.717, 1.165) is 12.0 Å². The fraction of sp³-hybridized carbons (Fsp3) is 0.588. The lowest BCUT2D eigenvalue weighted by molar-refractivity contribution is -0.149. The van der Waals surface area contributed by atoms with E-state index in [9.17, 15) is 13.2 Å². The number of nitrogens with zero attached hydrogens (tertiary/aromatic N) is 1. The molecule has 0 aliphatic carbocycles. The van der Waals surface area contributed by atoms with Gasteiger partial charge in [0.15, 0.2) is 0 Å². The Morgan fingerprint density at radius 2 is 1.87 bits per heavy atom. The van der Waals surface area contributed by atoms with Crippen LogP contribution < -0.4 is 0 Å². The topological polar surface area (TPSA) is 63.7 Å². The van der Waals surface area contributed by atoms with E-state index in [2.05, 4.69) is 0 Å². The Bertz CT molecular complexity index is 592. The van der Waals surface area contributed by atoms with E-state index in [1.165, 1.54) is 4.31 Å². The summed E-state index contributed by atoms with van der Waals surface area (Å²) in [5.41, 5.74) is 1.16. The number of hydrogen-bond acceptors (Lipinski definition) is 4. The van der Waals surface area contributed by atoms with Gasteiger partial charge in [-0.25, -0.2) is 12.7 Å². The number of benzene rings is 1. The Morgan fingerprint density at radius 3 is 2.48 bits per heavy atom. The van der Waals surface area contributed by atoms with Crippen molar-refractivity contribution in [1.82, 2.24) is 4.31 Å². The molecular formula is C17H25NO4S. The number of rotatable bonds is 7. The zero-order valence-corrected chi connectivity index (χ0v) is 14.4. The Hall–Kier alpha value is -1.40. The first-order chi connectivity index (χ1) is 11.0. The third kappa shape index (κ3) is 5.32. The lowest BCUT2D eigenvalue weighted by Crippen LogP contribution is -2.41. The highest BCUT2D eigenvalue weighted by Gasteiger charge is 2.31. The van der Waals surface area contributed by atoms with Gasteiger partial charge < -0.3 is 4.74 Å². The van der Waals surface area contributed by atoms with Gasteiger partial charge in [0, 0.05) is 13.1 Å². The third-order valence-corrected chi connectivity index (χ3v) is 6.13. The van der Waals surface area contributed by atoms with E-state index in [1.807, 2.05) is 30.3 Å². The van der Waals surface area contributed by atoms with Gasteiger partial charge in [-0.3, -0.25) is 4.79 Å². The molecule has 1 aliphatic heterocycles. The molecule has 23 heavy (non-hydrogen) atoms. The van der Waals surface area contributed by atoms with Crippen LogP contribution in [-0.4, -0.2) is 44.1 Å². The molecule has 1 aromatic rings. The lowest BCUT2D eigenvalue weighted by Gasteiger charge is -2.30. The summed E-state index contributed by atoms with van der Waals surface area (Å²) in [6.07, 6.45) is 2.48. The summed E-state index contributed by atoms with van der Waals surface area (Å²) in [7, 11) is -3.23. The fourth-order valence-corrected chi connectivity index (χ4v) is 4.40. The average molecular weight is 339 g/mol. The van der Waals surface area contributed by atoms with E-state index in [-0.39, 0.29) is 17.6 Å². The average Bonchev–Trinajstić information content (AvgIpc) is 2.56. The van der Waals surface area contributed by atoms with Crippen LogP contribution in [0.25, 0.3) is 0 Å². The number of carbonyl (C=O) groups excluding carboxylic acids is 1. The Morgan fingerprint density at radius 1 is 1.22 bits per heavy atom. The molecule has 0 atom stereocenters. The number of esters is 1. The minimum absolute atomic E-state index is 0.159. The van der Waals surface area contributed by atoms with Crippen LogP contribution in [0.2, 0.25) is 0 Å². The second-order valence-electron chi connectivity index (χ2n) is 5.83. The highest BCUT2D eigenvalue weighted by Crippen LogP contribution is 2.21. The highest BCUT2D eigenvalue weighted by molar-refractivity contribution is 7.89. The van der Waals surface area contributed by atoms with Crippen LogP contribution in [0, 0.1) is 5.92 Å². The van der Waals surface area contributed by atoms with Crippen LogP contribution in [0.3, 0.4) is 0 Å². The van der Waals surface area contributed by atoms with Gasteiger partial charge in [0.25, 0.3) is 0 Å². The van der Waals surface area contributed by atoms with Crippen molar-refractivity contribution in [3.8, 4) is 0 Å². The van der Waals surface area contributed by atoms with E-state index >= 15 is 0 Å². The van der Waals surface area contributed by atoms with Gasteiger partial charge in [-0.05, 0) is 38.2 Å². The van der Waals surface area contributed by atoms with E-state index in [0.29, 0.717) is 39.0 Å². The smallest absolute Gasteiger partial charge is 0.309 e. The number of carbonyl (C=O) groups is 1. The molecule has 0 aromatic heterocycles.